The van der Waals surface area contributed by atoms with E-state index in [1.165, 1.54) is 12.3 Å². The lowest BCUT2D eigenvalue weighted by Gasteiger charge is -2.63. The highest BCUT2D eigenvalue weighted by Gasteiger charge is 2.73. The van der Waals surface area contributed by atoms with Crippen LogP contribution in [0.5, 0.6) is 0 Å². The van der Waals surface area contributed by atoms with Gasteiger partial charge < -0.3 is 19.7 Å². The molecule has 0 amide bonds. The predicted octanol–water partition coefficient (Wildman–Crippen LogP) is 2.39. The predicted molar refractivity (Wildman–Crippen MR) is 109 cm³/mol. The zero-order valence-electron chi connectivity index (χ0n) is 17.7. The molecule has 9 atom stereocenters. The van der Waals surface area contributed by atoms with Crippen molar-refractivity contribution >= 4 is 5.78 Å². The van der Waals surface area contributed by atoms with E-state index < -0.39 is 22.7 Å². The molecule has 4 aliphatic carbocycles. The van der Waals surface area contributed by atoms with Gasteiger partial charge in [-0.05, 0) is 79.7 Å². The summed E-state index contributed by atoms with van der Waals surface area (Å²) < 4.78 is 5.07. The van der Waals surface area contributed by atoms with E-state index in [1.54, 1.807) is 6.07 Å². The number of hydrogen-bond acceptors (Lipinski definition) is 6. The summed E-state index contributed by atoms with van der Waals surface area (Å²) in [4.78, 5) is 25.1. The van der Waals surface area contributed by atoms with Gasteiger partial charge in [0.2, 0.25) is 0 Å². The van der Waals surface area contributed by atoms with Crippen LogP contribution in [0.4, 0.5) is 0 Å². The maximum atomic E-state index is 13.7. The van der Waals surface area contributed by atoms with E-state index in [-0.39, 0.29) is 41.0 Å². The van der Waals surface area contributed by atoms with Gasteiger partial charge in [-0.3, -0.25) is 4.79 Å². The topological polar surface area (TPSA) is 108 Å². The number of Topliss-reactive ketones (excluding diaryl/α,β-unsaturated/α-hetero) is 1. The SMILES string of the molecule is C[C@]12[C@@H](c3ccc(=O)oc3)CC[C@@]1(O)[C@@H]1CC[C@H]3C[C@@H](O)CC[C@@]3(C)C1C(=O)[C@@H]2O. The minimum absolute atomic E-state index is 0.153. The van der Waals surface area contributed by atoms with Crippen LogP contribution in [-0.2, 0) is 4.79 Å². The van der Waals surface area contributed by atoms with Crippen LogP contribution in [0.15, 0.2) is 27.6 Å². The Morgan fingerprint density at radius 3 is 2.50 bits per heavy atom. The highest BCUT2D eigenvalue weighted by Crippen LogP contribution is 2.69. The molecule has 4 aliphatic rings. The van der Waals surface area contributed by atoms with Crippen LogP contribution < -0.4 is 5.63 Å². The van der Waals surface area contributed by atoms with Crippen LogP contribution in [0.25, 0.3) is 0 Å². The van der Waals surface area contributed by atoms with Crippen molar-refractivity contribution in [1.29, 1.82) is 0 Å². The molecule has 30 heavy (non-hydrogen) atoms. The molecular formula is C24H32O6. The monoisotopic (exact) mass is 416 g/mol. The van der Waals surface area contributed by atoms with Gasteiger partial charge in [-0.15, -0.1) is 0 Å². The van der Waals surface area contributed by atoms with Gasteiger partial charge in [0.1, 0.15) is 6.10 Å². The van der Waals surface area contributed by atoms with Crippen molar-refractivity contribution in [2.75, 3.05) is 0 Å². The van der Waals surface area contributed by atoms with E-state index in [1.807, 2.05) is 6.92 Å². The molecule has 0 bridgehead atoms. The number of rotatable bonds is 1. The number of fused-ring (bicyclic) bond motifs is 5. The molecule has 5 rings (SSSR count). The molecule has 4 saturated carbocycles. The van der Waals surface area contributed by atoms with Crippen LogP contribution in [0.3, 0.4) is 0 Å². The number of carbonyl (C=O) groups excluding carboxylic acids is 1. The quantitative estimate of drug-likeness (QED) is 0.649. The van der Waals surface area contributed by atoms with Crippen molar-refractivity contribution in [2.24, 2.45) is 28.6 Å². The van der Waals surface area contributed by atoms with E-state index in [0.717, 1.165) is 24.8 Å². The summed E-state index contributed by atoms with van der Waals surface area (Å²) in [5, 5.41) is 33.7. The van der Waals surface area contributed by atoms with Crippen LogP contribution >= 0.6 is 0 Å². The van der Waals surface area contributed by atoms with Crippen LogP contribution in [0.1, 0.15) is 70.3 Å². The Balaban J connectivity index is 1.58. The smallest absolute Gasteiger partial charge is 0.335 e. The molecule has 3 N–H and O–H groups in total. The van der Waals surface area contributed by atoms with Crippen LogP contribution in [-0.4, -0.2) is 38.9 Å². The zero-order chi connectivity index (χ0) is 21.5. The molecule has 1 heterocycles. The maximum absolute atomic E-state index is 13.7. The van der Waals surface area contributed by atoms with Crippen molar-refractivity contribution in [3.63, 3.8) is 0 Å². The molecule has 164 valence electrons. The third-order valence-corrected chi connectivity index (χ3v) is 9.80. The van der Waals surface area contributed by atoms with Gasteiger partial charge in [0.05, 0.1) is 18.0 Å². The first-order valence-electron chi connectivity index (χ1n) is 11.3. The maximum Gasteiger partial charge on any atom is 0.335 e. The summed E-state index contributed by atoms with van der Waals surface area (Å²) in [6.45, 7) is 3.98. The minimum atomic E-state index is -1.27. The second-order valence-electron chi connectivity index (χ2n) is 10.8. The molecule has 1 aromatic rings. The van der Waals surface area contributed by atoms with Gasteiger partial charge >= 0.3 is 5.63 Å². The molecule has 0 aliphatic heterocycles. The van der Waals surface area contributed by atoms with Gasteiger partial charge in [-0.2, -0.15) is 0 Å². The van der Waals surface area contributed by atoms with Crippen molar-refractivity contribution in [2.45, 2.75) is 82.5 Å². The van der Waals surface area contributed by atoms with Crippen LogP contribution in [0, 0.1) is 28.6 Å². The third kappa shape index (κ3) is 2.41. The summed E-state index contributed by atoms with van der Waals surface area (Å²) in [6.07, 6.45) is 4.71. The Hall–Kier alpha value is -1.50. The Morgan fingerprint density at radius 2 is 1.80 bits per heavy atom. The number of aliphatic hydroxyl groups excluding tert-OH is 2. The molecule has 0 radical (unpaired) electrons. The van der Waals surface area contributed by atoms with E-state index in [2.05, 4.69) is 6.92 Å². The number of aliphatic hydroxyl groups is 3. The van der Waals surface area contributed by atoms with Crippen molar-refractivity contribution in [1.82, 2.24) is 0 Å². The number of hydrogen-bond donors (Lipinski definition) is 3. The first-order valence-corrected chi connectivity index (χ1v) is 11.3. The lowest BCUT2D eigenvalue weighted by atomic mass is 9.42. The third-order valence-electron chi connectivity index (χ3n) is 9.80. The van der Waals surface area contributed by atoms with Gasteiger partial charge in [-0.25, -0.2) is 4.79 Å². The lowest BCUT2D eigenvalue weighted by molar-refractivity contribution is -0.230. The minimum Gasteiger partial charge on any atom is -0.431 e. The van der Waals surface area contributed by atoms with Gasteiger partial charge in [0.25, 0.3) is 0 Å². The van der Waals surface area contributed by atoms with Crippen molar-refractivity contribution in [3.8, 4) is 0 Å². The summed E-state index contributed by atoms with van der Waals surface area (Å²) in [7, 11) is 0. The number of ketones is 1. The van der Waals surface area contributed by atoms with E-state index in [4.69, 9.17) is 4.42 Å². The normalized spacial score (nSPS) is 50.5. The Labute approximate surface area is 176 Å². The summed E-state index contributed by atoms with van der Waals surface area (Å²) in [5.74, 6) is -0.752. The van der Waals surface area contributed by atoms with E-state index in [0.29, 0.717) is 25.7 Å². The molecule has 0 aromatic carbocycles. The first kappa shape index (κ1) is 20.4. The fourth-order valence-electron chi connectivity index (χ4n) is 8.09. The Kier molecular flexibility index (Phi) is 4.42. The molecule has 1 aromatic heterocycles. The highest BCUT2D eigenvalue weighted by molar-refractivity contribution is 5.89. The van der Waals surface area contributed by atoms with E-state index in [9.17, 15) is 24.9 Å². The summed E-state index contributed by atoms with van der Waals surface area (Å²) in [6, 6.07) is 3.05. The van der Waals surface area contributed by atoms with Crippen molar-refractivity contribution in [3.05, 3.63) is 34.4 Å². The average molecular weight is 417 g/mol. The fraction of sp³-hybridized carbons (Fsp3) is 0.750. The lowest BCUT2D eigenvalue weighted by Crippen LogP contribution is -2.70. The Morgan fingerprint density at radius 1 is 1.03 bits per heavy atom. The Bertz CT molecular complexity index is 904. The average Bonchev–Trinajstić information content (AvgIpc) is 3.00. The van der Waals surface area contributed by atoms with Crippen LogP contribution in [0.2, 0.25) is 0 Å². The molecule has 6 nitrogen and oxygen atoms in total. The second-order valence-corrected chi connectivity index (χ2v) is 10.8. The molecule has 6 heteroatoms. The highest BCUT2D eigenvalue weighted by atomic mass is 16.4. The van der Waals surface area contributed by atoms with Crippen molar-refractivity contribution < 1.29 is 24.5 Å². The standard InChI is InChI=1S/C24H32O6/c1-22-9-7-15(25)11-14(22)4-5-17-19(22)20(27)21(28)23(2)16(8-10-24(17,23)29)13-3-6-18(26)30-12-13/h3,6,12,14-17,19,21,25,28-29H,4-5,7-11H2,1-2H3/t14-,15-,16+,17+,19?,21-,22+,23+,24+/m0/s1. The van der Waals surface area contributed by atoms with Gasteiger partial charge in [-0.1, -0.05) is 13.8 Å². The van der Waals surface area contributed by atoms with Gasteiger partial charge in [0.15, 0.2) is 5.78 Å². The largest absolute Gasteiger partial charge is 0.431 e. The first-order chi connectivity index (χ1) is 14.1. The molecule has 0 saturated heterocycles. The molecule has 1 unspecified atom stereocenters. The molecule has 4 fully saturated rings. The molecular weight excluding hydrogens is 384 g/mol. The zero-order valence-corrected chi connectivity index (χ0v) is 17.7. The van der Waals surface area contributed by atoms with E-state index >= 15 is 0 Å². The summed E-state index contributed by atoms with van der Waals surface area (Å²) in [5.41, 5.74) is -2.17. The summed E-state index contributed by atoms with van der Waals surface area (Å²) >= 11 is 0. The second kappa shape index (κ2) is 6.50. The number of carbonyl (C=O) groups is 1. The molecule has 0 spiro atoms. The van der Waals surface area contributed by atoms with Gasteiger partial charge in [0, 0.05) is 17.4 Å². The fourth-order valence-corrected chi connectivity index (χ4v) is 8.09.